The highest BCUT2D eigenvalue weighted by Crippen LogP contribution is 2.23. The summed E-state index contributed by atoms with van der Waals surface area (Å²) in [4.78, 5) is 15.4. The normalized spacial score (nSPS) is 23.2. The van der Waals surface area contributed by atoms with Gasteiger partial charge in [-0.3, -0.25) is 9.78 Å². The Morgan fingerprint density at radius 1 is 1.50 bits per heavy atom. The van der Waals surface area contributed by atoms with Crippen molar-refractivity contribution in [2.45, 2.75) is 6.42 Å². The van der Waals surface area contributed by atoms with Gasteiger partial charge in [-0.1, -0.05) is 0 Å². The smallest absolute Gasteiger partial charge is 0.170 e. The van der Waals surface area contributed by atoms with Crippen molar-refractivity contribution in [1.29, 1.82) is 0 Å². The summed E-state index contributed by atoms with van der Waals surface area (Å²) in [5.41, 5.74) is -0.0721. The lowest BCUT2D eigenvalue weighted by molar-refractivity contribution is 0.0929. The van der Waals surface area contributed by atoms with Crippen molar-refractivity contribution >= 4 is 15.6 Å². The van der Waals surface area contributed by atoms with E-state index in [1.807, 2.05) is 0 Å². The molecular formula is C10H10FNO3S. The number of halogens is 1. The largest absolute Gasteiger partial charge is 0.294 e. The molecule has 1 aromatic heterocycles. The highest BCUT2D eigenvalue weighted by atomic mass is 32.2. The third-order valence-electron chi connectivity index (χ3n) is 2.64. The zero-order valence-corrected chi connectivity index (χ0v) is 9.21. The van der Waals surface area contributed by atoms with Crippen LogP contribution in [0.3, 0.4) is 0 Å². The van der Waals surface area contributed by atoms with E-state index in [2.05, 4.69) is 4.98 Å². The van der Waals surface area contributed by atoms with Crippen molar-refractivity contribution in [2.24, 2.45) is 5.92 Å². The van der Waals surface area contributed by atoms with Gasteiger partial charge in [0.15, 0.2) is 21.4 Å². The van der Waals surface area contributed by atoms with E-state index >= 15 is 0 Å². The molecule has 1 aliphatic heterocycles. The minimum atomic E-state index is -3.12. The molecule has 1 saturated heterocycles. The summed E-state index contributed by atoms with van der Waals surface area (Å²) in [7, 11) is -3.12. The van der Waals surface area contributed by atoms with Crippen molar-refractivity contribution < 1.29 is 17.6 Å². The average molecular weight is 243 g/mol. The first-order chi connectivity index (χ1) is 7.49. The molecule has 0 radical (unpaired) electrons. The second kappa shape index (κ2) is 3.93. The molecule has 86 valence electrons. The third kappa shape index (κ3) is 2.11. The Hall–Kier alpha value is -1.30. The van der Waals surface area contributed by atoms with Gasteiger partial charge in [0.05, 0.1) is 23.3 Å². The Labute approximate surface area is 92.4 Å². The van der Waals surface area contributed by atoms with Crippen LogP contribution in [-0.2, 0) is 9.84 Å². The van der Waals surface area contributed by atoms with Gasteiger partial charge in [0.2, 0.25) is 0 Å². The number of hydrogen-bond donors (Lipinski definition) is 0. The molecule has 0 N–H and O–H groups in total. The maximum atomic E-state index is 13.3. The first-order valence-corrected chi connectivity index (χ1v) is 6.66. The average Bonchev–Trinajstić information content (AvgIpc) is 2.59. The fraction of sp³-hybridized carbons (Fsp3) is 0.400. The van der Waals surface area contributed by atoms with Crippen LogP contribution in [0.5, 0.6) is 0 Å². The molecule has 16 heavy (non-hydrogen) atoms. The van der Waals surface area contributed by atoms with Gasteiger partial charge in [0.1, 0.15) is 0 Å². The molecule has 1 atom stereocenters. The van der Waals surface area contributed by atoms with Crippen molar-refractivity contribution in [3.63, 3.8) is 0 Å². The molecular weight excluding hydrogens is 233 g/mol. The van der Waals surface area contributed by atoms with Crippen LogP contribution in [0.25, 0.3) is 0 Å². The van der Waals surface area contributed by atoms with Gasteiger partial charge in [0, 0.05) is 12.1 Å². The van der Waals surface area contributed by atoms with Crippen LogP contribution in [0.15, 0.2) is 18.5 Å². The minimum absolute atomic E-state index is 0.0100. The fourth-order valence-electron chi connectivity index (χ4n) is 1.80. The van der Waals surface area contributed by atoms with Crippen molar-refractivity contribution in [3.05, 3.63) is 29.8 Å². The fourth-order valence-corrected chi connectivity index (χ4v) is 3.54. The van der Waals surface area contributed by atoms with Gasteiger partial charge in [-0.25, -0.2) is 12.8 Å². The van der Waals surface area contributed by atoms with E-state index in [0.717, 1.165) is 6.20 Å². The number of nitrogens with zero attached hydrogens (tertiary/aromatic N) is 1. The molecule has 1 fully saturated rings. The molecule has 6 heteroatoms. The molecule has 2 heterocycles. The van der Waals surface area contributed by atoms with Crippen LogP contribution in [0.1, 0.15) is 16.8 Å². The van der Waals surface area contributed by atoms with E-state index < -0.39 is 27.4 Å². The predicted octanol–water partition coefficient (Wildman–Crippen LogP) is 0.838. The number of carbonyl (C=O) groups is 1. The summed E-state index contributed by atoms with van der Waals surface area (Å²) in [6.45, 7) is 0. The van der Waals surface area contributed by atoms with E-state index in [1.165, 1.54) is 12.3 Å². The number of carbonyl (C=O) groups excluding carboxylic acids is 1. The third-order valence-corrected chi connectivity index (χ3v) is 4.41. The lowest BCUT2D eigenvalue weighted by Gasteiger charge is -2.06. The molecule has 0 bridgehead atoms. The van der Waals surface area contributed by atoms with E-state index in [-0.39, 0.29) is 23.5 Å². The van der Waals surface area contributed by atoms with Crippen molar-refractivity contribution in [3.8, 4) is 0 Å². The van der Waals surface area contributed by atoms with Crippen LogP contribution >= 0.6 is 0 Å². The highest BCUT2D eigenvalue weighted by Gasteiger charge is 2.34. The maximum Gasteiger partial charge on any atom is 0.170 e. The van der Waals surface area contributed by atoms with Crippen LogP contribution in [0.4, 0.5) is 4.39 Å². The summed E-state index contributed by atoms with van der Waals surface area (Å²) in [5, 5.41) is 0. The first-order valence-electron chi connectivity index (χ1n) is 4.84. The van der Waals surface area contributed by atoms with Gasteiger partial charge in [-0.05, 0) is 12.5 Å². The minimum Gasteiger partial charge on any atom is -0.294 e. The zero-order valence-electron chi connectivity index (χ0n) is 8.39. The Morgan fingerprint density at radius 2 is 2.25 bits per heavy atom. The molecule has 0 amide bonds. The molecule has 0 aromatic carbocycles. The Bertz CT molecular complexity index is 527. The molecule has 4 nitrogen and oxygen atoms in total. The van der Waals surface area contributed by atoms with Crippen LogP contribution in [0.2, 0.25) is 0 Å². The van der Waals surface area contributed by atoms with Gasteiger partial charge in [-0.2, -0.15) is 0 Å². The summed E-state index contributed by atoms with van der Waals surface area (Å²) >= 11 is 0. The van der Waals surface area contributed by atoms with Crippen LogP contribution < -0.4 is 0 Å². The SMILES string of the molecule is O=C(c1ccncc1F)C1CCS(=O)(=O)C1. The second-order valence-electron chi connectivity index (χ2n) is 3.82. The number of pyridine rings is 1. The molecule has 2 rings (SSSR count). The number of Topliss-reactive ketones (excluding diaryl/α,β-unsaturated/α-hetero) is 1. The monoisotopic (exact) mass is 243 g/mol. The molecule has 0 aliphatic carbocycles. The molecule has 0 saturated carbocycles. The van der Waals surface area contributed by atoms with Gasteiger partial charge >= 0.3 is 0 Å². The predicted molar refractivity (Wildman–Crippen MR) is 55.3 cm³/mol. The van der Waals surface area contributed by atoms with Gasteiger partial charge in [-0.15, -0.1) is 0 Å². The Balaban J connectivity index is 2.25. The van der Waals surface area contributed by atoms with E-state index in [0.29, 0.717) is 0 Å². The number of sulfone groups is 1. The number of aromatic nitrogens is 1. The number of hydrogen-bond acceptors (Lipinski definition) is 4. The molecule has 1 aliphatic rings. The van der Waals surface area contributed by atoms with E-state index in [9.17, 15) is 17.6 Å². The standard InChI is InChI=1S/C10H10FNO3S/c11-9-5-12-3-1-8(9)10(13)7-2-4-16(14,15)6-7/h1,3,5,7H,2,4,6H2. The number of rotatable bonds is 2. The van der Waals surface area contributed by atoms with Crippen molar-refractivity contribution in [1.82, 2.24) is 4.98 Å². The summed E-state index contributed by atoms with van der Waals surface area (Å²) in [6, 6.07) is 1.28. The summed E-state index contributed by atoms with van der Waals surface area (Å²) in [6.07, 6.45) is 2.55. The summed E-state index contributed by atoms with van der Waals surface area (Å²) in [5.74, 6) is -1.91. The van der Waals surface area contributed by atoms with E-state index in [4.69, 9.17) is 0 Å². The molecule has 0 spiro atoms. The van der Waals surface area contributed by atoms with Crippen LogP contribution in [-0.4, -0.2) is 30.7 Å². The maximum absolute atomic E-state index is 13.3. The Morgan fingerprint density at radius 3 is 2.81 bits per heavy atom. The lowest BCUT2D eigenvalue weighted by Crippen LogP contribution is -2.17. The van der Waals surface area contributed by atoms with E-state index in [1.54, 1.807) is 0 Å². The lowest BCUT2D eigenvalue weighted by atomic mass is 9.98. The Kier molecular flexibility index (Phi) is 2.75. The topological polar surface area (TPSA) is 64.1 Å². The molecule has 1 unspecified atom stereocenters. The zero-order chi connectivity index (χ0) is 11.8. The van der Waals surface area contributed by atoms with Gasteiger partial charge < -0.3 is 0 Å². The second-order valence-corrected chi connectivity index (χ2v) is 6.05. The number of ketones is 1. The van der Waals surface area contributed by atoms with Gasteiger partial charge in [0.25, 0.3) is 0 Å². The quantitative estimate of drug-likeness (QED) is 0.722. The first kappa shape index (κ1) is 11.2. The van der Waals surface area contributed by atoms with Crippen molar-refractivity contribution in [2.75, 3.05) is 11.5 Å². The summed E-state index contributed by atoms with van der Waals surface area (Å²) < 4.78 is 35.7. The van der Waals surface area contributed by atoms with Crippen LogP contribution in [0, 0.1) is 11.7 Å². The highest BCUT2D eigenvalue weighted by molar-refractivity contribution is 7.91. The molecule has 1 aromatic rings.